The molecule has 0 unspecified atom stereocenters. The lowest BCUT2D eigenvalue weighted by Crippen LogP contribution is -1.91. The van der Waals surface area contributed by atoms with Crippen LogP contribution in [0, 0.1) is 5.82 Å². The molecule has 0 atom stereocenters. The Morgan fingerprint density at radius 2 is 2.19 bits per heavy atom. The van der Waals surface area contributed by atoms with Crippen molar-refractivity contribution in [2.24, 2.45) is 0 Å². The second-order valence-electron chi connectivity index (χ2n) is 3.07. The Bertz CT molecular complexity index is 528. The van der Waals surface area contributed by atoms with E-state index in [1.807, 2.05) is 0 Å². The highest BCUT2D eigenvalue weighted by Gasteiger charge is 2.15. The molecule has 1 heterocycles. The highest BCUT2D eigenvalue weighted by Crippen LogP contribution is 2.38. The van der Waals surface area contributed by atoms with Crippen LogP contribution in [0.3, 0.4) is 0 Å². The van der Waals surface area contributed by atoms with Crippen LogP contribution >= 0.6 is 15.9 Å². The molecular weight excluding hydrogens is 279 g/mol. The first-order chi connectivity index (χ1) is 7.63. The number of halogens is 2. The van der Waals surface area contributed by atoms with Crippen LogP contribution in [0.25, 0.3) is 11.1 Å². The van der Waals surface area contributed by atoms with E-state index >= 15 is 0 Å². The summed E-state index contributed by atoms with van der Waals surface area (Å²) < 4.78 is 23.7. The molecule has 1 aromatic carbocycles. The van der Waals surface area contributed by atoms with Gasteiger partial charge < -0.3 is 15.0 Å². The monoisotopic (exact) mass is 286 g/mol. The second kappa shape index (κ2) is 4.13. The van der Waals surface area contributed by atoms with Gasteiger partial charge in [-0.3, -0.25) is 0 Å². The summed E-state index contributed by atoms with van der Waals surface area (Å²) in [6.45, 7) is 0. The number of benzene rings is 1. The molecule has 0 bridgehead atoms. The van der Waals surface area contributed by atoms with E-state index in [0.29, 0.717) is 21.3 Å². The summed E-state index contributed by atoms with van der Waals surface area (Å²) in [5.74, 6) is 0.0969. The van der Waals surface area contributed by atoms with Crippen molar-refractivity contribution in [1.82, 2.24) is 5.16 Å². The predicted molar refractivity (Wildman–Crippen MR) is 60.6 cm³/mol. The lowest BCUT2D eigenvalue weighted by molar-refractivity contribution is 0.409. The molecular formula is C10H8BrFN2O2. The van der Waals surface area contributed by atoms with E-state index in [1.54, 1.807) is 0 Å². The van der Waals surface area contributed by atoms with Crippen LogP contribution in [-0.2, 0) is 0 Å². The Morgan fingerprint density at radius 1 is 1.44 bits per heavy atom. The number of methoxy groups -OCH3 is 1. The molecule has 84 valence electrons. The van der Waals surface area contributed by atoms with Gasteiger partial charge in [-0.15, -0.1) is 0 Å². The van der Waals surface area contributed by atoms with Crippen LogP contribution in [0.5, 0.6) is 5.75 Å². The number of hydrogen-bond acceptors (Lipinski definition) is 4. The average Bonchev–Trinajstić information content (AvgIpc) is 2.67. The van der Waals surface area contributed by atoms with Crippen molar-refractivity contribution in [1.29, 1.82) is 0 Å². The molecule has 0 aliphatic rings. The molecule has 2 rings (SSSR count). The summed E-state index contributed by atoms with van der Waals surface area (Å²) in [5, 5.41) is 3.54. The maximum atomic E-state index is 13.3. The maximum absolute atomic E-state index is 13.3. The molecule has 0 aliphatic carbocycles. The second-order valence-corrected chi connectivity index (χ2v) is 3.87. The number of ether oxygens (including phenoxy) is 1. The minimum atomic E-state index is -0.421. The van der Waals surface area contributed by atoms with Gasteiger partial charge >= 0.3 is 0 Å². The minimum Gasteiger partial charge on any atom is -0.495 e. The maximum Gasteiger partial charge on any atom is 0.229 e. The van der Waals surface area contributed by atoms with Gasteiger partial charge in [0.2, 0.25) is 5.88 Å². The summed E-state index contributed by atoms with van der Waals surface area (Å²) >= 11 is 3.31. The Kier molecular flexibility index (Phi) is 2.82. The van der Waals surface area contributed by atoms with Crippen molar-refractivity contribution >= 4 is 21.8 Å². The average molecular weight is 287 g/mol. The van der Waals surface area contributed by atoms with Gasteiger partial charge in [0.1, 0.15) is 11.6 Å². The highest BCUT2D eigenvalue weighted by molar-refractivity contribution is 9.10. The van der Waals surface area contributed by atoms with Gasteiger partial charge in [-0.2, -0.15) is 0 Å². The molecule has 1 aromatic heterocycles. The van der Waals surface area contributed by atoms with Crippen molar-refractivity contribution in [2.45, 2.75) is 0 Å². The molecule has 0 saturated heterocycles. The first-order valence-electron chi connectivity index (χ1n) is 4.37. The molecule has 6 heteroatoms. The molecule has 0 fully saturated rings. The zero-order chi connectivity index (χ0) is 11.7. The fourth-order valence-corrected chi connectivity index (χ4v) is 1.96. The van der Waals surface area contributed by atoms with E-state index in [1.165, 1.54) is 25.4 Å². The number of nitrogen functional groups attached to an aromatic ring is 1. The van der Waals surface area contributed by atoms with Gasteiger partial charge in [-0.05, 0) is 22.0 Å². The minimum absolute atomic E-state index is 0.133. The van der Waals surface area contributed by atoms with Crippen LogP contribution < -0.4 is 10.5 Å². The summed E-state index contributed by atoms with van der Waals surface area (Å²) in [4.78, 5) is 0. The number of nitrogens with two attached hydrogens (primary N) is 1. The highest BCUT2D eigenvalue weighted by atomic mass is 79.9. The molecule has 0 saturated carbocycles. The molecule has 4 nitrogen and oxygen atoms in total. The Hall–Kier alpha value is -1.56. The van der Waals surface area contributed by atoms with E-state index in [-0.39, 0.29) is 5.88 Å². The summed E-state index contributed by atoms with van der Waals surface area (Å²) in [5.41, 5.74) is 6.63. The van der Waals surface area contributed by atoms with Gasteiger partial charge in [0.15, 0.2) is 0 Å². The number of hydrogen-bond donors (Lipinski definition) is 1. The zero-order valence-electron chi connectivity index (χ0n) is 8.33. The third kappa shape index (κ3) is 1.76. The fourth-order valence-electron chi connectivity index (χ4n) is 1.36. The van der Waals surface area contributed by atoms with E-state index < -0.39 is 5.82 Å². The third-order valence-electron chi connectivity index (χ3n) is 2.11. The van der Waals surface area contributed by atoms with E-state index in [9.17, 15) is 4.39 Å². The van der Waals surface area contributed by atoms with Gasteiger partial charge in [0, 0.05) is 11.6 Å². The Labute approximate surface area is 99.3 Å². The van der Waals surface area contributed by atoms with E-state index in [4.69, 9.17) is 15.0 Å². The lowest BCUT2D eigenvalue weighted by atomic mass is 10.1. The zero-order valence-corrected chi connectivity index (χ0v) is 9.92. The van der Waals surface area contributed by atoms with Crippen LogP contribution in [0.4, 0.5) is 10.3 Å². The van der Waals surface area contributed by atoms with Crippen LogP contribution in [0.2, 0.25) is 0 Å². The number of nitrogens with zero attached hydrogens (tertiary/aromatic N) is 1. The topological polar surface area (TPSA) is 61.3 Å². The normalized spacial score (nSPS) is 10.4. The molecule has 16 heavy (non-hydrogen) atoms. The first kappa shape index (κ1) is 10.9. The van der Waals surface area contributed by atoms with Crippen molar-refractivity contribution in [2.75, 3.05) is 12.8 Å². The van der Waals surface area contributed by atoms with Gasteiger partial charge in [-0.1, -0.05) is 5.16 Å². The largest absolute Gasteiger partial charge is 0.495 e. The molecule has 0 spiro atoms. The summed E-state index contributed by atoms with van der Waals surface area (Å²) in [6.07, 6.45) is 1.42. The predicted octanol–water partition coefficient (Wildman–Crippen LogP) is 2.83. The number of aromatic nitrogens is 1. The smallest absolute Gasteiger partial charge is 0.229 e. The van der Waals surface area contributed by atoms with Crippen molar-refractivity contribution < 1.29 is 13.7 Å². The van der Waals surface area contributed by atoms with Gasteiger partial charge in [-0.25, -0.2) is 4.39 Å². The van der Waals surface area contributed by atoms with E-state index in [2.05, 4.69) is 21.1 Å². The molecule has 2 N–H and O–H groups in total. The van der Waals surface area contributed by atoms with Gasteiger partial charge in [0.25, 0.3) is 0 Å². The van der Waals surface area contributed by atoms with Crippen LogP contribution in [0.1, 0.15) is 0 Å². The fraction of sp³-hybridized carbons (Fsp3) is 0.100. The quantitative estimate of drug-likeness (QED) is 0.922. The third-order valence-corrected chi connectivity index (χ3v) is 2.93. The Morgan fingerprint density at radius 3 is 2.75 bits per heavy atom. The first-order valence-corrected chi connectivity index (χ1v) is 5.16. The Balaban J connectivity index is 2.65. The number of anilines is 1. The molecule has 0 aliphatic heterocycles. The van der Waals surface area contributed by atoms with Crippen molar-refractivity contribution in [3.63, 3.8) is 0 Å². The van der Waals surface area contributed by atoms with Crippen LogP contribution in [-0.4, -0.2) is 12.3 Å². The van der Waals surface area contributed by atoms with Crippen molar-refractivity contribution in [3.05, 3.63) is 28.6 Å². The summed E-state index contributed by atoms with van der Waals surface area (Å²) in [6, 6.07) is 2.60. The lowest BCUT2D eigenvalue weighted by Gasteiger charge is -2.08. The number of rotatable bonds is 2. The van der Waals surface area contributed by atoms with Gasteiger partial charge in [0.05, 0.1) is 23.3 Å². The van der Waals surface area contributed by atoms with E-state index in [0.717, 1.165) is 0 Å². The molecule has 0 radical (unpaired) electrons. The standard InChI is InChI=1S/C10H8BrFN2O2/c1-15-8-3-5(12)2-6(9(8)11)7-4-14-16-10(7)13/h2-4H,13H2,1H3. The molecule has 2 aromatic rings. The van der Waals surface area contributed by atoms with Crippen LogP contribution in [0.15, 0.2) is 27.3 Å². The SMILES string of the molecule is COc1cc(F)cc(-c2cnoc2N)c1Br. The van der Waals surface area contributed by atoms with Crippen molar-refractivity contribution in [3.8, 4) is 16.9 Å². The summed E-state index contributed by atoms with van der Waals surface area (Å²) in [7, 11) is 1.46. The molecule has 0 amide bonds.